The van der Waals surface area contributed by atoms with Crippen molar-refractivity contribution in [2.24, 2.45) is 0 Å². The maximum Gasteiger partial charge on any atom is 0.339 e. The quantitative estimate of drug-likeness (QED) is 0.208. The molecule has 0 aliphatic rings. The van der Waals surface area contributed by atoms with Gasteiger partial charge in [-0.3, -0.25) is 4.79 Å². The monoisotopic (exact) mass is 414 g/mol. The van der Waals surface area contributed by atoms with Crippen LogP contribution in [0, 0.1) is 0 Å². The molecule has 0 aromatic heterocycles. The molecule has 0 radical (unpaired) electrons. The lowest BCUT2D eigenvalue weighted by molar-refractivity contribution is -0.139. The first-order chi connectivity index (χ1) is 15.0. The van der Waals surface area contributed by atoms with Gasteiger partial charge in [0, 0.05) is 11.1 Å². The molecule has 1 unspecified atom stereocenters. The molecular weight excluding hydrogens is 388 g/mol. The van der Waals surface area contributed by atoms with Crippen LogP contribution < -0.4 is 4.74 Å². The molecule has 0 aliphatic carbocycles. The van der Waals surface area contributed by atoms with Crippen LogP contribution in [-0.4, -0.2) is 25.0 Å². The predicted molar refractivity (Wildman–Crippen MR) is 123 cm³/mol. The summed E-state index contributed by atoms with van der Waals surface area (Å²) in [6.45, 7) is 3.65. The number of para-hydroxylation sites is 1. The Bertz CT molecular complexity index is 1070. The van der Waals surface area contributed by atoms with Crippen molar-refractivity contribution in [2.45, 2.75) is 26.4 Å². The molecule has 0 bridgehead atoms. The maximum atomic E-state index is 13.1. The highest BCUT2D eigenvalue weighted by molar-refractivity contribution is 6.22. The number of carbonyl (C=O) groups excluding carboxylic acids is 2. The minimum Gasteiger partial charge on any atom is -0.496 e. The summed E-state index contributed by atoms with van der Waals surface area (Å²) in [6, 6.07) is 24.0. The molecule has 158 valence electrons. The summed E-state index contributed by atoms with van der Waals surface area (Å²) in [7, 11) is 1.58. The van der Waals surface area contributed by atoms with Crippen molar-refractivity contribution in [3.05, 3.63) is 101 Å². The fourth-order valence-electron chi connectivity index (χ4n) is 3.24. The van der Waals surface area contributed by atoms with E-state index in [0.717, 1.165) is 17.5 Å². The van der Waals surface area contributed by atoms with E-state index in [1.54, 1.807) is 32.2 Å². The van der Waals surface area contributed by atoms with Gasteiger partial charge in [0.1, 0.15) is 5.75 Å². The van der Waals surface area contributed by atoms with Crippen molar-refractivity contribution in [3.63, 3.8) is 0 Å². The molecule has 0 spiro atoms. The van der Waals surface area contributed by atoms with Gasteiger partial charge in [0.2, 0.25) is 5.78 Å². The Balaban J connectivity index is 1.88. The van der Waals surface area contributed by atoms with Gasteiger partial charge in [0.15, 0.2) is 6.10 Å². The summed E-state index contributed by atoms with van der Waals surface area (Å²) >= 11 is 0. The zero-order valence-electron chi connectivity index (χ0n) is 18.0. The third-order valence-electron chi connectivity index (χ3n) is 5.04. The molecule has 3 aromatic rings. The third-order valence-corrected chi connectivity index (χ3v) is 5.04. The van der Waals surface area contributed by atoms with Crippen LogP contribution in [0.4, 0.5) is 0 Å². The van der Waals surface area contributed by atoms with Gasteiger partial charge in [0.05, 0.1) is 12.7 Å². The SMILES string of the molecule is CCc1ccc(C(=O)C(C)OC(=O)C(=Cc2ccccc2OC)c2ccccc2)cc1. The lowest BCUT2D eigenvalue weighted by Crippen LogP contribution is -2.25. The highest BCUT2D eigenvalue weighted by Gasteiger charge is 2.23. The number of hydrogen-bond acceptors (Lipinski definition) is 4. The van der Waals surface area contributed by atoms with Crippen molar-refractivity contribution in [1.82, 2.24) is 0 Å². The first-order valence-corrected chi connectivity index (χ1v) is 10.3. The summed E-state index contributed by atoms with van der Waals surface area (Å²) in [6.07, 6.45) is 1.71. The smallest absolute Gasteiger partial charge is 0.339 e. The topological polar surface area (TPSA) is 52.6 Å². The van der Waals surface area contributed by atoms with E-state index in [0.29, 0.717) is 22.4 Å². The van der Waals surface area contributed by atoms with Crippen LogP contribution in [0.1, 0.15) is 40.9 Å². The van der Waals surface area contributed by atoms with Gasteiger partial charge in [-0.05, 0) is 36.6 Å². The number of hydrogen-bond donors (Lipinski definition) is 0. The Hall–Kier alpha value is -3.66. The van der Waals surface area contributed by atoms with E-state index in [1.807, 2.05) is 66.7 Å². The van der Waals surface area contributed by atoms with Crippen LogP contribution in [0.5, 0.6) is 5.75 Å². The zero-order valence-corrected chi connectivity index (χ0v) is 18.0. The highest BCUT2D eigenvalue weighted by atomic mass is 16.5. The maximum absolute atomic E-state index is 13.1. The molecule has 0 saturated carbocycles. The summed E-state index contributed by atoms with van der Waals surface area (Å²) in [4.78, 5) is 25.9. The van der Waals surface area contributed by atoms with Gasteiger partial charge in [-0.1, -0.05) is 79.7 Å². The normalized spacial score (nSPS) is 12.2. The van der Waals surface area contributed by atoms with Crippen LogP contribution in [0.15, 0.2) is 78.9 Å². The lowest BCUT2D eigenvalue weighted by Gasteiger charge is -2.15. The molecule has 0 aliphatic heterocycles. The molecule has 3 aromatic carbocycles. The number of benzene rings is 3. The first kappa shape index (κ1) is 22.0. The van der Waals surface area contributed by atoms with Gasteiger partial charge < -0.3 is 9.47 Å². The van der Waals surface area contributed by atoms with E-state index < -0.39 is 12.1 Å². The fraction of sp³-hybridized carbons (Fsp3) is 0.185. The second-order valence-electron chi connectivity index (χ2n) is 7.13. The molecule has 0 N–H and O–H groups in total. The number of carbonyl (C=O) groups is 2. The van der Waals surface area contributed by atoms with E-state index in [2.05, 4.69) is 6.92 Å². The summed E-state index contributed by atoms with van der Waals surface area (Å²) in [5, 5.41) is 0. The van der Waals surface area contributed by atoms with Crippen molar-refractivity contribution in [2.75, 3.05) is 7.11 Å². The summed E-state index contributed by atoms with van der Waals surface area (Å²) in [5.41, 5.74) is 3.46. The Morgan fingerprint density at radius 3 is 2.16 bits per heavy atom. The third kappa shape index (κ3) is 5.48. The average molecular weight is 415 g/mol. The molecule has 1 atom stereocenters. The van der Waals surface area contributed by atoms with Crippen LogP contribution in [0.3, 0.4) is 0 Å². The van der Waals surface area contributed by atoms with Crippen LogP contribution >= 0.6 is 0 Å². The number of Topliss-reactive ketones (excluding diaryl/α,β-unsaturated/α-hetero) is 1. The average Bonchev–Trinajstić information content (AvgIpc) is 2.82. The van der Waals surface area contributed by atoms with Crippen molar-refractivity contribution in [1.29, 1.82) is 0 Å². The van der Waals surface area contributed by atoms with Crippen LogP contribution in [-0.2, 0) is 16.0 Å². The number of aryl methyl sites for hydroxylation is 1. The van der Waals surface area contributed by atoms with Gasteiger partial charge >= 0.3 is 5.97 Å². The predicted octanol–water partition coefficient (Wildman–Crippen LogP) is 5.61. The molecule has 31 heavy (non-hydrogen) atoms. The fourth-order valence-corrected chi connectivity index (χ4v) is 3.24. The Morgan fingerprint density at radius 2 is 1.52 bits per heavy atom. The standard InChI is InChI=1S/C27H26O4/c1-4-20-14-16-22(17-15-20)26(28)19(2)31-27(29)24(21-10-6-5-7-11-21)18-23-12-8-9-13-25(23)30-3/h5-19H,4H2,1-3H3. The second kappa shape index (κ2) is 10.4. The number of methoxy groups -OCH3 is 1. The molecule has 0 heterocycles. The summed E-state index contributed by atoms with van der Waals surface area (Å²) < 4.78 is 11.0. The first-order valence-electron chi connectivity index (χ1n) is 10.3. The highest BCUT2D eigenvalue weighted by Crippen LogP contribution is 2.26. The van der Waals surface area contributed by atoms with Crippen molar-refractivity contribution in [3.8, 4) is 5.75 Å². The van der Waals surface area contributed by atoms with E-state index in [4.69, 9.17) is 9.47 Å². The minimum absolute atomic E-state index is 0.235. The van der Waals surface area contributed by atoms with Crippen LogP contribution in [0.25, 0.3) is 11.6 Å². The summed E-state index contributed by atoms with van der Waals surface area (Å²) in [5.74, 6) is -0.160. The van der Waals surface area contributed by atoms with Gasteiger partial charge in [0.25, 0.3) is 0 Å². The minimum atomic E-state index is -0.912. The molecule has 0 amide bonds. The number of ketones is 1. The van der Waals surface area contributed by atoms with Crippen molar-refractivity contribution < 1.29 is 19.1 Å². The van der Waals surface area contributed by atoms with Gasteiger partial charge in [-0.2, -0.15) is 0 Å². The lowest BCUT2D eigenvalue weighted by atomic mass is 10.0. The van der Waals surface area contributed by atoms with Gasteiger partial charge in [-0.25, -0.2) is 4.79 Å². The van der Waals surface area contributed by atoms with E-state index in [-0.39, 0.29) is 5.78 Å². The molecule has 4 nitrogen and oxygen atoms in total. The zero-order chi connectivity index (χ0) is 22.2. The van der Waals surface area contributed by atoms with E-state index in [1.165, 1.54) is 0 Å². The Morgan fingerprint density at radius 1 is 0.871 bits per heavy atom. The molecule has 0 fully saturated rings. The Kier molecular flexibility index (Phi) is 7.39. The number of esters is 1. The van der Waals surface area contributed by atoms with Crippen LogP contribution in [0.2, 0.25) is 0 Å². The number of rotatable bonds is 8. The molecular formula is C27H26O4. The Labute approximate surface area is 183 Å². The second-order valence-corrected chi connectivity index (χ2v) is 7.13. The van der Waals surface area contributed by atoms with E-state index in [9.17, 15) is 9.59 Å². The van der Waals surface area contributed by atoms with E-state index >= 15 is 0 Å². The molecule has 3 rings (SSSR count). The van der Waals surface area contributed by atoms with Crippen molar-refractivity contribution >= 4 is 23.4 Å². The van der Waals surface area contributed by atoms with Gasteiger partial charge in [-0.15, -0.1) is 0 Å². The number of ether oxygens (including phenoxy) is 2. The largest absolute Gasteiger partial charge is 0.496 e. The molecule has 0 saturated heterocycles. The molecule has 4 heteroatoms.